The van der Waals surface area contributed by atoms with Crippen molar-refractivity contribution >= 4 is 0 Å². The molecule has 68 valence electrons. The molecule has 0 radical (unpaired) electrons. The molecular weight excluding hydrogens is 172 g/mol. The van der Waals surface area contributed by atoms with E-state index in [9.17, 15) is 0 Å². The Bertz CT molecular complexity index is 337. The number of rotatable bonds is 3. The van der Waals surface area contributed by atoms with E-state index in [2.05, 4.69) is 41.2 Å². The lowest BCUT2D eigenvalue weighted by atomic mass is 10.1. The molecule has 2 N–H and O–H groups in total. The Labute approximate surface area is 73.1 Å². The van der Waals surface area contributed by atoms with E-state index in [4.69, 9.17) is 0 Å². The van der Waals surface area contributed by atoms with Crippen molar-refractivity contribution in [3.05, 3.63) is 11.6 Å². The van der Waals surface area contributed by atoms with Gasteiger partial charge in [-0.15, -0.1) is 20.4 Å². The molecule has 2 rings (SSSR count). The summed E-state index contributed by atoms with van der Waals surface area (Å²) in [5.41, 5.74) is 0. The summed E-state index contributed by atoms with van der Waals surface area (Å²) in [5.74, 6) is 1.44. The van der Waals surface area contributed by atoms with Gasteiger partial charge in [-0.2, -0.15) is 10.4 Å². The Morgan fingerprint density at radius 3 is 2.54 bits per heavy atom. The van der Waals surface area contributed by atoms with Gasteiger partial charge in [0.2, 0.25) is 0 Å². The summed E-state index contributed by atoms with van der Waals surface area (Å²) in [7, 11) is 0. The Kier molecular flexibility index (Phi) is 1.94. The van der Waals surface area contributed by atoms with Gasteiger partial charge in [0, 0.05) is 12.3 Å². The number of nitrogens with one attached hydrogen (secondary N) is 2. The highest BCUT2D eigenvalue weighted by Gasteiger charge is 2.13. The Balaban J connectivity index is 2.04. The first-order chi connectivity index (χ1) is 6.36. The topological polar surface area (TPSA) is 109 Å². The molecule has 0 bridgehead atoms. The maximum Gasteiger partial charge on any atom is 0.177 e. The van der Waals surface area contributed by atoms with Crippen LogP contribution in [0.2, 0.25) is 0 Å². The van der Waals surface area contributed by atoms with Crippen molar-refractivity contribution in [2.45, 2.75) is 19.3 Å². The van der Waals surface area contributed by atoms with Gasteiger partial charge in [0.1, 0.15) is 0 Å². The van der Waals surface area contributed by atoms with Crippen LogP contribution < -0.4 is 0 Å². The van der Waals surface area contributed by atoms with Crippen LogP contribution in [0.25, 0.3) is 0 Å². The maximum absolute atomic E-state index is 3.86. The quantitative estimate of drug-likeness (QED) is 0.630. The van der Waals surface area contributed by atoms with E-state index in [1.54, 1.807) is 0 Å². The van der Waals surface area contributed by atoms with Crippen LogP contribution in [-0.2, 0) is 6.42 Å². The zero-order valence-electron chi connectivity index (χ0n) is 6.97. The van der Waals surface area contributed by atoms with Crippen LogP contribution in [0.5, 0.6) is 0 Å². The smallest absolute Gasteiger partial charge is 0.177 e. The van der Waals surface area contributed by atoms with Crippen molar-refractivity contribution in [2.75, 3.05) is 0 Å². The molecule has 0 saturated carbocycles. The lowest BCUT2D eigenvalue weighted by Gasteiger charge is -2.00. The van der Waals surface area contributed by atoms with Gasteiger partial charge in [-0.25, -0.2) is 0 Å². The summed E-state index contributed by atoms with van der Waals surface area (Å²) >= 11 is 0. The fraction of sp³-hybridized carbons (Fsp3) is 0.600. The second-order valence-electron chi connectivity index (χ2n) is 2.70. The minimum absolute atomic E-state index is 0.136. The van der Waals surface area contributed by atoms with E-state index in [1.807, 2.05) is 6.92 Å². The third-order valence-corrected chi connectivity index (χ3v) is 1.68. The average molecular weight is 180 g/mol. The third kappa shape index (κ3) is 1.66. The summed E-state index contributed by atoms with van der Waals surface area (Å²) in [6.07, 6.45) is 0.649. The number of hydrogen-bond donors (Lipinski definition) is 2. The molecule has 8 nitrogen and oxygen atoms in total. The molecule has 0 aliphatic heterocycles. The van der Waals surface area contributed by atoms with Crippen LogP contribution in [0.1, 0.15) is 24.5 Å². The van der Waals surface area contributed by atoms with Crippen molar-refractivity contribution in [3.8, 4) is 0 Å². The molecule has 0 fully saturated rings. The first-order valence-corrected chi connectivity index (χ1v) is 3.82. The number of hydrogen-bond acceptors (Lipinski definition) is 6. The van der Waals surface area contributed by atoms with Gasteiger partial charge in [0.05, 0.1) is 0 Å². The molecule has 0 spiro atoms. The number of aromatic nitrogens is 8. The van der Waals surface area contributed by atoms with Crippen LogP contribution in [0, 0.1) is 0 Å². The molecule has 0 saturated heterocycles. The molecule has 8 heteroatoms. The van der Waals surface area contributed by atoms with Crippen molar-refractivity contribution in [3.63, 3.8) is 0 Å². The van der Waals surface area contributed by atoms with E-state index in [-0.39, 0.29) is 5.92 Å². The lowest BCUT2D eigenvalue weighted by Crippen LogP contribution is -2.02. The molecule has 2 aromatic rings. The van der Waals surface area contributed by atoms with E-state index in [1.165, 1.54) is 0 Å². The van der Waals surface area contributed by atoms with E-state index >= 15 is 0 Å². The van der Waals surface area contributed by atoms with Crippen LogP contribution in [0.4, 0.5) is 0 Å². The largest absolute Gasteiger partial charge is 0.177 e. The van der Waals surface area contributed by atoms with E-state index < -0.39 is 0 Å². The summed E-state index contributed by atoms with van der Waals surface area (Å²) in [6, 6.07) is 0. The second kappa shape index (κ2) is 3.25. The average Bonchev–Trinajstić information content (AvgIpc) is 2.74. The van der Waals surface area contributed by atoms with Gasteiger partial charge in [-0.05, 0) is 0 Å². The van der Waals surface area contributed by atoms with Gasteiger partial charge in [0.25, 0.3) is 0 Å². The van der Waals surface area contributed by atoms with Crippen molar-refractivity contribution < 1.29 is 0 Å². The third-order valence-electron chi connectivity index (χ3n) is 1.68. The van der Waals surface area contributed by atoms with Gasteiger partial charge in [-0.3, -0.25) is 0 Å². The Hall–Kier alpha value is -1.86. The molecule has 1 atom stereocenters. The van der Waals surface area contributed by atoms with Crippen LogP contribution in [-0.4, -0.2) is 41.2 Å². The predicted octanol–water partition coefficient (Wildman–Crippen LogP) is -0.941. The second-order valence-corrected chi connectivity index (χ2v) is 2.70. The van der Waals surface area contributed by atoms with Gasteiger partial charge in [0.15, 0.2) is 11.6 Å². The molecule has 1 unspecified atom stereocenters. The van der Waals surface area contributed by atoms with E-state index in [0.717, 1.165) is 0 Å². The molecular formula is C5H8N8. The first-order valence-electron chi connectivity index (χ1n) is 3.82. The maximum atomic E-state index is 3.86. The Morgan fingerprint density at radius 1 is 1.15 bits per heavy atom. The molecule has 0 aromatic carbocycles. The minimum atomic E-state index is 0.136. The highest BCUT2D eigenvalue weighted by atomic mass is 15.5. The molecule has 0 amide bonds. The lowest BCUT2D eigenvalue weighted by molar-refractivity contribution is 0.672. The molecule has 2 heterocycles. The molecule has 0 aliphatic rings. The van der Waals surface area contributed by atoms with Gasteiger partial charge in [-0.1, -0.05) is 17.4 Å². The predicted molar refractivity (Wildman–Crippen MR) is 40.5 cm³/mol. The standard InChI is InChI=1S/C5H8N8/c1-3(5-8-12-13-9-5)2-4-6-10-11-7-4/h3H,2H2,1H3,(H,6,7,10,11)(H,8,9,12,13). The van der Waals surface area contributed by atoms with Gasteiger partial charge >= 0.3 is 0 Å². The van der Waals surface area contributed by atoms with Crippen LogP contribution >= 0.6 is 0 Å². The summed E-state index contributed by atoms with van der Waals surface area (Å²) in [5, 5.41) is 27.1. The van der Waals surface area contributed by atoms with Crippen LogP contribution in [0.3, 0.4) is 0 Å². The van der Waals surface area contributed by atoms with Gasteiger partial charge < -0.3 is 0 Å². The number of nitrogens with zero attached hydrogens (tertiary/aromatic N) is 6. The zero-order valence-corrected chi connectivity index (χ0v) is 6.97. The number of tetrazole rings is 2. The first kappa shape index (κ1) is 7.77. The summed E-state index contributed by atoms with van der Waals surface area (Å²) < 4.78 is 0. The fourth-order valence-corrected chi connectivity index (χ4v) is 1.01. The van der Waals surface area contributed by atoms with Crippen molar-refractivity contribution in [1.82, 2.24) is 41.2 Å². The Morgan fingerprint density at radius 2 is 1.92 bits per heavy atom. The molecule has 2 aromatic heterocycles. The highest BCUT2D eigenvalue weighted by molar-refractivity contribution is 4.94. The minimum Gasteiger partial charge on any atom is -0.177 e. The fourth-order valence-electron chi connectivity index (χ4n) is 1.01. The van der Waals surface area contributed by atoms with E-state index in [0.29, 0.717) is 18.1 Å². The monoisotopic (exact) mass is 180 g/mol. The van der Waals surface area contributed by atoms with Crippen molar-refractivity contribution in [2.24, 2.45) is 0 Å². The zero-order chi connectivity index (χ0) is 9.10. The number of H-pyrrole nitrogens is 2. The van der Waals surface area contributed by atoms with Crippen LogP contribution in [0.15, 0.2) is 0 Å². The normalized spacial score (nSPS) is 13.0. The molecule has 13 heavy (non-hydrogen) atoms. The molecule has 0 aliphatic carbocycles. The van der Waals surface area contributed by atoms with Crippen molar-refractivity contribution in [1.29, 1.82) is 0 Å². The summed E-state index contributed by atoms with van der Waals surface area (Å²) in [6.45, 7) is 1.97. The highest BCUT2D eigenvalue weighted by Crippen LogP contribution is 2.11. The number of aromatic amines is 2. The SMILES string of the molecule is CC(Cc1nn[nH]n1)c1nn[nH]n1. The summed E-state index contributed by atoms with van der Waals surface area (Å²) in [4.78, 5) is 0.